The smallest absolute Gasteiger partial charge is 0.255 e. The number of methoxy groups -OCH3 is 1. The molecule has 0 bridgehead atoms. The first-order valence-electron chi connectivity index (χ1n) is 11.4. The maximum atomic E-state index is 13.3. The van der Waals surface area contributed by atoms with Gasteiger partial charge in [-0.2, -0.15) is 0 Å². The number of carbonyl (C=O) groups is 1. The Morgan fingerprint density at radius 3 is 2.46 bits per heavy atom. The Balaban J connectivity index is 1.67. The van der Waals surface area contributed by atoms with Crippen molar-refractivity contribution in [2.45, 2.75) is 26.2 Å². The lowest BCUT2D eigenvalue weighted by Gasteiger charge is -2.24. The SMILES string of the molecule is COc1c(NC(=O)c2cccc(-n3cc(-c4cccnc4)nn3)c2)cc(C(C)(C)C)cc1NS(C)(=O)=O. The molecule has 0 unspecified atom stereocenters. The molecule has 0 saturated heterocycles. The third kappa shape index (κ3) is 6.12. The fraction of sp³-hybridized carbons (Fsp3) is 0.231. The van der Waals surface area contributed by atoms with Gasteiger partial charge in [0.15, 0.2) is 5.75 Å². The molecule has 0 fully saturated rings. The molecule has 2 N–H and O–H groups in total. The number of amides is 1. The van der Waals surface area contributed by atoms with E-state index in [4.69, 9.17) is 4.74 Å². The van der Waals surface area contributed by atoms with E-state index < -0.39 is 15.9 Å². The van der Waals surface area contributed by atoms with Crippen LogP contribution in [0.3, 0.4) is 0 Å². The maximum Gasteiger partial charge on any atom is 0.255 e. The minimum absolute atomic E-state index is 0.209. The number of pyridine rings is 1. The van der Waals surface area contributed by atoms with Gasteiger partial charge in [0.1, 0.15) is 5.69 Å². The first kappa shape index (κ1) is 25.8. The number of rotatable bonds is 7. The summed E-state index contributed by atoms with van der Waals surface area (Å²) in [7, 11) is -2.17. The van der Waals surface area contributed by atoms with Crippen molar-refractivity contribution in [3.8, 4) is 22.7 Å². The van der Waals surface area contributed by atoms with Gasteiger partial charge in [-0.15, -0.1) is 5.10 Å². The number of hydrogen-bond acceptors (Lipinski definition) is 7. The van der Waals surface area contributed by atoms with E-state index >= 15 is 0 Å². The van der Waals surface area contributed by atoms with E-state index in [1.165, 1.54) is 7.11 Å². The zero-order chi connectivity index (χ0) is 26.8. The summed E-state index contributed by atoms with van der Waals surface area (Å²) < 4.78 is 33.5. The number of anilines is 2. The summed E-state index contributed by atoms with van der Waals surface area (Å²) in [5.41, 5.74) is 3.57. The van der Waals surface area contributed by atoms with Crippen molar-refractivity contribution in [1.82, 2.24) is 20.0 Å². The van der Waals surface area contributed by atoms with Crippen LogP contribution in [0.5, 0.6) is 5.75 Å². The topological polar surface area (TPSA) is 128 Å². The highest BCUT2D eigenvalue weighted by Gasteiger charge is 2.22. The van der Waals surface area contributed by atoms with Gasteiger partial charge >= 0.3 is 0 Å². The molecule has 0 aliphatic carbocycles. The zero-order valence-electron chi connectivity index (χ0n) is 21.2. The molecule has 37 heavy (non-hydrogen) atoms. The lowest BCUT2D eigenvalue weighted by molar-refractivity contribution is 0.102. The summed E-state index contributed by atoms with van der Waals surface area (Å²) in [5, 5.41) is 11.3. The Hall–Kier alpha value is -4.25. The van der Waals surface area contributed by atoms with E-state index in [2.05, 4.69) is 25.3 Å². The molecule has 4 aromatic rings. The van der Waals surface area contributed by atoms with Crippen molar-refractivity contribution in [3.05, 3.63) is 78.2 Å². The van der Waals surface area contributed by atoms with Crippen LogP contribution in [0.1, 0.15) is 36.7 Å². The quantitative estimate of drug-likeness (QED) is 0.373. The second kappa shape index (κ2) is 10.0. The molecule has 4 rings (SSSR count). The van der Waals surface area contributed by atoms with Crippen LogP contribution in [0, 0.1) is 0 Å². The van der Waals surface area contributed by atoms with Gasteiger partial charge in [-0.3, -0.25) is 14.5 Å². The monoisotopic (exact) mass is 520 g/mol. The number of ether oxygens (including phenoxy) is 1. The molecule has 0 radical (unpaired) electrons. The first-order valence-corrected chi connectivity index (χ1v) is 13.3. The lowest BCUT2D eigenvalue weighted by atomic mass is 9.86. The largest absolute Gasteiger partial charge is 0.492 e. The summed E-state index contributed by atoms with van der Waals surface area (Å²) in [5.74, 6) is -0.190. The Kier molecular flexibility index (Phi) is 6.99. The second-order valence-corrected chi connectivity index (χ2v) is 11.3. The molecule has 11 heteroatoms. The highest BCUT2D eigenvalue weighted by molar-refractivity contribution is 7.92. The Labute approximate surface area is 215 Å². The van der Waals surface area contributed by atoms with Crippen LogP contribution in [0.15, 0.2) is 67.1 Å². The minimum atomic E-state index is -3.59. The van der Waals surface area contributed by atoms with E-state index in [0.717, 1.165) is 17.4 Å². The molecule has 2 aromatic heterocycles. The lowest BCUT2D eigenvalue weighted by Crippen LogP contribution is -2.18. The average molecular weight is 521 g/mol. The third-order valence-electron chi connectivity index (χ3n) is 5.53. The van der Waals surface area contributed by atoms with Crippen molar-refractivity contribution in [2.75, 3.05) is 23.4 Å². The summed E-state index contributed by atoms with van der Waals surface area (Å²) >= 11 is 0. The highest BCUT2D eigenvalue weighted by Crippen LogP contribution is 2.39. The van der Waals surface area contributed by atoms with Crippen LogP contribution in [0.4, 0.5) is 11.4 Å². The Morgan fingerprint density at radius 1 is 1.05 bits per heavy atom. The van der Waals surface area contributed by atoms with E-state index in [1.807, 2.05) is 39.0 Å². The minimum Gasteiger partial charge on any atom is -0.492 e. The molecule has 1 amide bonds. The Bertz CT molecular complexity index is 1540. The van der Waals surface area contributed by atoms with Gasteiger partial charge in [-0.1, -0.05) is 32.1 Å². The van der Waals surface area contributed by atoms with Gasteiger partial charge in [-0.05, 0) is 53.4 Å². The van der Waals surface area contributed by atoms with Crippen LogP contribution < -0.4 is 14.8 Å². The predicted molar refractivity (Wildman–Crippen MR) is 143 cm³/mol. The number of nitrogens with one attached hydrogen (secondary N) is 2. The number of benzene rings is 2. The van der Waals surface area contributed by atoms with Gasteiger partial charge in [0.05, 0.1) is 36.6 Å². The van der Waals surface area contributed by atoms with Crippen molar-refractivity contribution < 1.29 is 17.9 Å². The van der Waals surface area contributed by atoms with Crippen molar-refractivity contribution in [1.29, 1.82) is 0 Å². The van der Waals surface area contributed by atoms with Gasteiger partial charge in [0, 0.05) is 23.5 Å². The van der Waals surface area contributed by atoms with E-state index in [9.17, 15) is 13.2 Å². The van der Waals surface area contributed by atoms with Crippen LogP contribution in [-0.4, -0.2) is 47.7 Å². The predicted octanol–water partition coefficient (Wildman–Crippen LogP) is 4.26. The third-order valence-corrected chi connectivity index (χ3v) is 6.12. The van der Waals surface area contributed by atoms with Crippen LogP contribution in [-0.2, 0) is 15.4 Å². The highest BCUT2D eigenvalue weighted by atomic mass is 32.2. The summed E-state index contributed by atoms with van der Waals surface area (Å²) in [6.07, 6.45) is 6.20. The maximum absolute atomic E-state index is 13.3. The number of aromatic nitrogens is 4. The van der Waals surface area contributed by atoms with Gasteiger partial charge in [0.25, 0.3) is 5.91 Å². The standard InChI is InChI=1S/C26H28N6O4S/c1-26(2,3)19-13-21(24(36-4)22(14-19)30-37(5,34)35)28-25(33)17-8-6-10-20(12-17)32-16-23(29-31-32)18-9-7-11-27-15-18/h6-16,30H,1-5H3,(H,28,33). The van der Waals surface area contributed by atoms with Crippen LogP contribution >= 0.6 is 0 Å². The molecule has 0 atom stereocenters. The van der Waals surface area contributed by atoms with Gasteiger partial charge in [0.2, 0.25) is 10.0 Å². The molecule has 0 saturated carbocycles. The molecule has 10 nitrogen and oxygen atoms in total. The van der Waals surface area contributed by atoms with E-state index in [-0.39, 0.29) is 16.9 Å². The van der Waals surface area contributed by atoms with Gasteiger partial charge in [-0.25, -0.2) is 13.1 Å². The average Bonchev–Trinajstić information content (AvgIpc) is 3.33. The van der Waals surface area contributed by atoms with E-state index in [0.29, 0.717) is 22.6 Å². The molecule has 2 aromatic carbocycles. The number of sulfonamides is 1. The summed E-state index contributed by atoms with van der Waals surface area (Å²) in [4.78, 5) is 17.4. The van der Waals surface area contributed by atoms with Crippen molar-refractivity contribution in [2.24, 2.45) is 0 Å². The van der Waals surface area contributed by atoms with E-state index in [1.54, 1.807) is 53.6 Å². The summed E-state index contributed by atoms with van der Waals surface area (Å²) in [6, 6.07) is 14.1. The van der Waals surface area contributed by atoms with Crippen molar-refractivity contribution >= 4 is 27.3 Å². The number of nitrogens with zero attached hydrogens (tertiary/aromatic N) is 4. The fourth-order valence-electron chi connectivity index (χ4n) is 3.67. The van der Waals surface area contributed by atoms with Crippen LogP contribution in [0.2, 0.25) is 0 Å². The number of carbonyl (C=O) groups excluding carboxylic acids is 1. The molecular formula is C26H28N6O4S. The molecule has 0 spiro atoms. The Morgan fingerprint density at radius 2 is 1.81 bits per heavy atom. The number of hydrogen-bond donors (Lipinski definition) is 2. The molecule has 192 valence electrons. The molecular weight excluding hydrogens is 492 g/mol. The van der Waals surface area contributed by atoms with Crippen molar-refractivity contribution in [3.63, 3.8) is 0 Å². The molecule has 0 aliphatic heterocycles. The van der Waals surface area contributed by atoms with Gasteiger partial charge < -0.3 is 10.1 Å². The molecule has 0 aliphatic rings. The van der Waals surface area contributed by atoms with Crippen LogP contribution in [0.25, 0.3) is 16.9 Å². The normalized spacial score (nSPS) is 11.7. The summed E-state index contributed by atoms with van der Waals surface area (Å²) in [6.45, 7) is 5.98. The molecule has 2 heterocycles. The second-order valence-electron chi connectivity index (χ2n) is 9.52. The zero-order valence-corrected chi connectivity index (χ0v) is 22.0. The fourth-order valence-corrected chi connectivity index (χ4v) is 4.22. The first-order chi connectivity index (χ1) is 17.4.